The molecule has 0 bridgehead atoms. The lowest BCUT2D eigenvalue weighted by atomic mass is 9.83. The molecule has 0 aromatic heterocycles. The van der Waals surface area contributed by atoms with E-state index in [-0.39, 0.29) is 29.9 Å². The molecule has 84 valence electrons. The molecule has 4 atom stereocenters. The predicted octanol–water partition coefficient (Wildman–Crippen LogP) is -0.0618. The summed E-state index contributed by atoms with van der Waals surface area (Å²) in [6.07, 6.45) is 1.57. The molecule has 2 aliphatic rings. The Bertz CT molecular complexity index is 298. The van der Waals surface area contributed by atoms with Gasteiger partial charge >= 0.3 is 5.97 Å². The van der Waals surface area contributed by atoms with Crippen LogP contribution >= 0.6 is 0 Å². The van der Waals surface area contributed by atoms with Crippen LogP contribution in [-0.4, -0.2) is 34.2 Å². The number of aliphatic hydroxyl groups is 2. The second kappa shape index (κ2) is 3.83. The van der Waals surface area contributed by atoms with Crippen LogP contribution in [0.25, 0.3) is 0 Å². The van der Waals surface area contributed by atoms with E-state index in [1.165, 1.54) is 0 Å². The van der Waals surface area contributed by atoms with Crippen molar-refractivity contribution in [3.63, 3.8) is 0 Å². The molecule has 0 aromatic rings. The van der Waals surface area contributed by atoms with Crippen molar-refractivity contribution in [3.8, 4) is 0 Å². The fourth-order valence-electron chi connectivity index (χ4n) is 2.64. The first-order valence-corrected chi connectivity index (χ1v) is 5.03. The Balaban J connectivity index is 2.25. The summed E-state index contributed by atoms with van der Waals surface area (Å²) >= 11 is 0. The number of carboxylic acids is 1. The molecule has 1 saturated carbocycles. The summed E-state index contributed by atoms with van der Waals surface area (Å²) in [6.45, 7) is -0.0332. The zero-order chi connectivity index (χ0) is 11.0. The lowest BCUT2D eigenvalue weighted by Gasteiger charge is -2.32. The van der Waals surface area contributed by atoms with Gasteiger partial charge in [0.1, 0.15) is 0 Å². The maximum Gasteiger partial charge on any atom is 0.334 e. The van der Waals surface area contributed by atoms with E-state index >= 15 is 0 Å². The van der Waals surface area contributed by atoms with Crippen LogP contribution in [0.5, 0.6) is 0 Å². The van der Waals surface area contributed by atoms with Gasteiger partial charge in [-0.05, 0) is 18.8 Å². The number of ether oxygens (including phenoxy) is 1. The summed E-state index contributed by atoms with van der Waals surface area (Å²) in [5.74, 6) is -1.54. The molecule has 1 fully saturated rings. The molecule has 0 amide bonds. The normalized spacial score (nSPS) is 39.2. The SMILES string of the molecule is O=C(O)C1=COC(O)C2C(CO)CCC12. The maximum atomic E-state index is 10.9. The first-order chi connectivity index (χ1) is 7.15. The topological polar surface area (TPSA) is 87.0 Å². The number of hydrogen-bond donors (Lipinski definition) is 3. The molecular formula is C10H14O5. The highest BCUT2D eigenvalue weighted by atomic mass is 16.6. The second-order valence-electron chi connectivity index (χ2n) is 4.11. The summed E-state index contributed by atoms with van der Waals surface area (Å²) in [4.78, 5) is 10.9. The summed E-state index contributed by atoms with van der Waals surface area (Å²) in [6, 6.07) is 0. The first-order valence-electron chi connectivity index (χ1n) is 5.03. The number of aliphatic carboxylic acids is 1. The zero-order valence-corrected chi connectivity index (χ0v) is 8.17. The summed E-state index contributed by atoms with van der Waals surface area (Å²) in [7, 11) is 0. The Morgan fingerprint density at radius 3 is 2.87 bits per heavy atom. The Morgan fingerprint density at radius 1 is 1.53 bits per heavy atom. The van der Waals surface area contributed by atoms with Gasteiger partial charge in [-0.15, -0.1) is 0 Å². The highest BCUT2D eigenvalue weighted by Crippen LogP contribution is 2.45. The van der Waals surface area contributed by atoms with Crippen LogP contribution in [0.4, 0.5) is 0 Å². The summed E-state index contributed by atoms with van der Waals surface area (Å²) in [5.41, 5.74) is 0.209. The van der Waals surface area contributed by atoms with Crippen molar-refractivity contribution in [2.45, 2.75) is 19.1 Å². The van der Waals surface area contributed by atoms with Crippen molar-refractivity contribution in [2.75, 3.05) is 6.61 Å². The van der Waals surface area contributed by atoms with E-state index in [0.29, 0.717) is 6.42 Å². The van der Waals surface area contributed by atoms with Gasteiger partial charge in [-0.2, -0.15) is 0 Å². The minimum Gasteiger partial charge on any atom is -0.478 e. The number of aliphatic hydroxyl groups excluding tert-OH is 2. The first kappa shape index (κ1) is 10.4. The van der Waals surface area contributed by atoms with Crippen LogP contribution in [0, 0.1) is 17.8 Å². The third kappa shape index (κ3) is 1.61. The summed E-state index contributed by atoms with van der Waals surface area (Å²) in [5, 5.41) is 27.7. The van der Waals surface area contributed by atoms with Gasteiger partial charge in [0, 0.05) is 18.4 Å². The number of hydrogen-bond acceptors (Lipinski definition) is 4. The molecule has 15 heavy (non-hydrogen) atoms. The van der Waals surface area contributed by atoms with Crippen molar-refractivity contribution >= 4 is 5.97 Å². The average Bonchev–Trinajstić information content (AvgIpc) is 2.62. The molecular weight excluding hydrogens is 200 g/mol. The molecule has 1 heterocycles. The molecule has 5 heteroatoms. The van der Waals surface area contributed by atoms with E-state index in [0.717, 1.165) is 12.7 Å². The van der Waals surface area contributed by atoms with E-state index in [9.17, 15) is 9.90 Å². The van der Waals surface area contributed by atoms with Crippen molar-refractivity contribution in [1.29, 1.82) is 0 Å². The molecule has 4 unspecified atom stereocenters. The molecule has 5 nitrogen and oxygen atoms in total. The van der Waals surface area contributed by atoms with Gasteiger partial charge in [0.25, 0.3) is 0 Å². The molecule has 1 aliphatic heterocycles. The minimum atomic E-state index is -1.00. The lowest BCUT2D eigenvalue weighted by molar-refractivity contribution is -0.143. The van der Waals surface area contributed by atoms with Crippen molar-refractivity contribution in [3.05, 3.63) is 11.8 Å². The Hall–Kier alpha value is -1.07. The van der Waals surface area contributed by atoms with Gasteiger partial charge in [-0.25, -0.2) is 4.79 Å². The minimum absolute atomic E-state index is 0.0332. The third-order valence-electron chi connectivity index (χ3n) is 3.40. The number of rotatable bonds is 2. The maximum absolute atomic E-state index is 10.9. The molecule has 0 radical (unpaired) electrons. The van der Waals surface area contributed by atoms with Crippen LogP contribution in [0.3, 0.4) is 0 Å². The van der Waals surface area contributed by atoms with Gasteiger partial charge in [-0.1, -0.05) is 0 Å². The van der Waals surface area contributed by atoms with E-state index < -0.39 is 12.3 Å². The molecule has 3 N–H and O–H groups in total. The number of carboxylic acid groups (broad SMARTS) is 1. The predicted molar refractivity (Wildman–Crippen MR) is 49.6 cm³/mol. The van der Waals surface area contributed by atoms with Crippen molar-refractivity contribution < 1.29 is 24.9 Å². The van der Waals surface area contributed by atoms with Crippen molar-refractivity contribution in [2.24, 2.45) is 17.8 Å². The molecule has 0 saturated heterocycles. The number of fused-ring (bicyclic) bond motifs is 1. The van der Waals surface area contributed by atoms with Crippen LogP contribution in [0.15, 0.2) is 11.8 Å². The van der Waals surface area contributed by atoms with E-state index in [2.05, 4.69) is 0 Å². The average molecular weight is 214 g/mol. The fourth-order valence-corrected chi connectivity index (χ4v) is 2.64. The highest BCUT2D eigenvalue weighted by molar-refractivity contribution is 5.87. The Labute approximate surface area is 87.0 Å². The van der Waals surface area contributed by atoms with E-state index in [1.807, 2.05) is 0 Å². The van der Waals surface area contributed by atoms with E-state index in [1.54, 1.807) is 0 Å². The smallest absolute Gasteiger partial charge is 0.334 e. The lowest BCUT2D eigenvalue weighted by Crippen LogP contribution is -2.37. The second-order valence-corrected chi connectivity index (χ2v) is 4.11. The Morgan fingerprint density at radius 2 is 2.27 bits per heavy atom. The molecule has 0 aromatic carbocycles. The van der Waals surface area contributed by atoms with Crippen LogP contribution < -0.4 is 0 Å². The van der Waals surface area contributed by atoms with Gasteiger partial charge < -0.3 is 20.1 Å². The number of carbonyl (C=O) groups is 1. The van der Waals surface area contributed by atoms with Gasteiger partial charge in [0.15, 0.2) is 6.29 Å². The summed E-state index contributed by atoms with van der Waals surface area (Å²) < 4.78 is 4.90. The zero-order valence-electron chi connectivity index (χ0n) is 8.17. The van der Waals surface area contributed by atoms with Crippen LogP contribution in [0.1, 0.15) is 12.8 Å². The molecule has 2 rings (SSSR count). The quantitative estimate of drug-likeness (QED) is 0.599. The Kier molecular flexibility index (Phi) is 2.67. The van der Waals surface area contributed by atoms with Crippen molar-refractivity contribution in [1.82, 2.24) is 0 Å². The van der Waals surface area contributed by atoms with Crippen LogP contribution in [-0.2, 0) is 9.53 Å². The third-order valence-corrected chi connectivity index (χ3v) is 3.40. The van der Waals surface area contributed by atoms with Crippen LogP contribution in [0.2, 0.25) is 0 Å². The monoisotopic (exact) mass is 214 g/mol. The van der Waals surface area contributed by atoms with Gasteiger partial charge in [0.05, 0.1) is 11.8 Å². The van der Waals surface area contributed by atoms with E-state index in [4.69, 9.17) is 14.9 Å². The standard InChI is InChI=1S/C10H14O5/c11-3-5-1-2-6-7(9(12)13)4-15-10(14)8(5)6/h4-6,8,10-11,14H,1-3H2,(H,12,13). The largest absolute Gasteiger partial charge is 0.478 e. The van der Waals surface area contributed by atoms with Gasteiger partial charge in [-0.3, -0.25) is 0 Å². The molecule has 1 aliphatic carbocycles. The molecule has 0 spiro atoms. The van der Waals surface area contributed by atoms with Gasteiger partial charge in [0.2, 0.25) is 0 Å². The fraction of sp³-hybridized carbons (Fsp3) is 0.700. The highest BCUT2D eigenvalue weighted by Gasteiger charge is 2.46.